The van der Waals surface area contributed by atoms with E-state index in [9.17, 15) is 0 Å². The quantitative estimate of drug-likeness (QED) is 0.592. The Morgan fingerprint density at radius 3 is 2.59 bits per heavy atom. The lowest BCUT2D eigenvalue weighted by Gasteiger charge is -2.43. The highest BCUT2D eigenvalue weighted by Crippen LogP contribution is 2.28. The van der Waals surface area contributed by atoms with Crippen LogP contribution in [-0.2, 0) is 4.74 Å². The molecule has 2 rings (SSSR count). The SMILES string of the molecule is CN=C(NCC1(N(C)C)CCOCC1)NC1CCC(SC)C1. The molecule has 0 aromatic carbocycles. The van der Waals surface area contributed by atoms with E-state index in [1.165, 1.54) is 19.3 Å². The first-order chi connectivity index (χ1) is 10.6. The number of aliphatic imine (C=N–C) groups is 1. The molecule has 0 aromatic heterocycles. The number of nitrogens with zero attached hydrogens (tertiary/aromatic N) is 2. The molecular formula is C16H32N4OS. The largest absolute Gasteiger partial charge is 0.381 e. The molecule has 1 aliphatic carbocycles. The van der Waals surface area contributed by atoms with Gasteiger partial charge < -0.3 is 20.3 Å². The molecule has 1 saturated carbocycles. The van der Waals surface area contributed by atoms with Crippen molar-refractivity contribution in [3.8, 4) is 0 Å². The standard InChI is InChI=1S/C16H32N4OS/c1-17-15(19-13-5-6-14(11-13)22-4)18-12-16(20(2)3)7-9-21-10-8-16/h13-14H,5-12H2,1-4H3,(H2,17,18,19). The summed E-state index contributed by atoms with van der Waals surface area (Å²) < 4.78 is 5.54. The molecule has 2 fully saturated rings. The first-order valence-electron chi connectivity index (χ1n) is 8.35. The highest BCUT2D eigenvalue weighted by Gasteiger charge is 2.35. The Morgan fingerprint density at radius 2 is 2.05 bits per heavy atom. The van der Waals surface area contributed by atoms with Crippen molar-refractivity contribution in [2.24, 2.45) is 4.99 Å². The fourth-order valence-electron chi connectivity index (χ4n) is 3.45. The summed E-state index contributed by atoms with van der Waals surface area (Å²) in [5, 5.41) is 7.96. The number of hydrogen-bond acceptors (Lipinski definition) is 4. The summed E-state index contributed by atoms with van der Waals surface area (Å²) in [6.07, 6.45) is 8.16. The molecule has 0 bridgehead atoms. The van der Waals surface area contributed by atoms with Gasteiger partial charge in [-0.05, 0) is 52.5 Å². The smallest absolute Gasteiger partial charge is 0.191 e. The predicted octanol–water partition coefficient (Wildman–Crippen LogP) is 1.55. The first kappa shape index (κ1) is 17.9. The van der Waals surface area contributed by atoms with Crippen molar-refractivity contribution in [2.45, 2.75) is 48.9 Å². The molecule has 5 nitrogen and oxygen atoms in total. The van der Waals surface area contributed by atoms with E-state index < -0.39 is 0 Å². The molecule has 1 heterocycles. The van der Waals surface area contributed by atoms with Crippen LogP contribution in [0.2, 0.25) is 0 Å². The summed E-state index contributed by atoms with van der Waals surface area (Å²) in [7, 11) is 6.20. The molecule has 0 spiro atoms. The number of guanidine groups is 1. The lowest BCUT2D eigenvalue weighted by Crippen LogP contribution is -2.57. The predicted molar refractivity (Wildman–Crippen MR) is 95.9 cm³/mol. The molecule has 1 saturated heterocycles. The van der Waals surface area contributed by atoms with Crippen LogP contribution in [0.15, 0.2) is 4.99 Å². The summed E-state index contributed by atoms with van der Waals surface area (Å²) in [4.78, 5) is 6.76. The normalized spacial score (nSPS) is 28.9. The van der Waals surface area contributed by atoms with Gasteiger partial charge in [0.15, 0.2) is 5.96 Å². The Hall–Kier alpha value is -0.460. The van der Waals surface area contributed by atoms with Crippen LogP contribution in [0, 0.1) is 0 Å². The number of likely N-dealkylation sites (N-methyl/N-ethyl adjacent to an activating group) is 1. The van der Waals surface area contributed by atoms with Crippen LogP contribution in [-0.4, -0.2) is 74.8 Å². The fraction of sp³-hybridized carbons (Fsp3) is 0.938. The Labute approximate surface area is 139 Å². The molecule has 2 atom stereocenters. The van der Waals surface area contributed by atoms with E-state index in [0.717, 1.165) is 43.8 Å². The minimum absolute atomic E-state index is 0.174. The van der Waals surface area contributed by atoms with Crippen LogP contribution >= 0.6 is 11.8 Å². The van der Waals surface area contributed by atoms with Gasteiger partial charge in [-0.15, -0.1) is 0 Å². The number of thioether (sulfide) groups is 1. The zero-order valence-electron chi connectivity index (χ0n) is 14.5. The third-order valence-corrected chi connectivity index (χ3v) is 6.33. The maximum atomic E-state index is 5.54. The third kappa shape index (κ3) is 4.52. The van der Waals surface area contributed by atoms with Crippen LogP contribution in [0.1, 0.15) is 32.1 Å². The van der Waals surface area contributed by atoms with Gasteiger partial charge in [0.2, 0.25) is 0 Å². The molecule has 2 aliphatic rings. The van der Waals surface area contributed by atoms with Crippen molar-refractivity contribution < 1.29 is 4.74 Å². The van der Waals surface area contributed by atoms with E-state index in [-0.39, 0.29) is 5.54 Å². The topological polar surface area (TPSA) is 48.9 Å². The van der Waals surface area contributed by atoms with Gasteiger partial charge >= 0.3 is 0 Å². The Kier molecular flexibility index (Phi) is 6.84. The van der Waals surface area contributed by atoms with E-state index in [1.54, 1.807) is 0 Å². The lowest BCUT2D eigenvalue weighted by molar-refractivity contribution is -0.00502. The van der Waals surface area contributed by atoms with Gasteiger partial charge in [0.1, 0.15) is 0 Å². The van der Waals surface area contributed by atoms with Gasteiger partial charge in [0.25, 0.3) is 0 Å². The number of ether oxygens (including phenoxy) is 1. The van der Waals surface area contributed by atoms with E-state index in [2.05, 4.69) is 40.9 Å². The average Bonchev–Trinajstić information content (AvgIpc) is 2.99. The van der Waals surface area contributed by atoms with Crippen molar-refractivity contribution in [2.75, 3.05) is 47.2 Å². The average molecular weight is 329 g/mol. The minimum Gasteiger partial charge on any atom is -0.381 e. The van der Waals surface area contributed by atoms with Crippen LogP contribution in [0.5, 0.6) is 0 Å². The van der Waals surface area contributed by atoms with E-state index in [4.69, 9.17) is 4.74 Å². The second kappa shape index (κ2) is 8.41. The minimum atomic E-state index is 0.174. The third-order valence-electron chi connectivity index (χ3n) is 5.24. The van der Waals surface area contributed by atoms with Crippen LogP contribution in [0.3, 0.4) is 0 Å². The lowest BCUT2D eigenvalue weighted by atomic mass is 9.88. The molecule has 128 valence electrons. The van der Waals surface area contributed by atoms with Gasteiger partial charge in [-0.3, -0.25) is 4.99 Å². The molecule has 2 unspecified atom stereocenters. The molecule has 6 heteroatoms. The number of rotatable bonds is 5. The van der Waals surface area contributed by atoms with Crippen molar-refractivity contribution in [1.82, 2.24) is 15.5 Å². The molecule has 1 aliphatic heterocycles. The van der Waals surface area contributed by atoms with Crippen molar-refractivity contribution in [1.29, 1.82) is 0 Å². The maximum absolute atomic E-state index is 5.54. The van der Waals surface area contributed by atoms with Crippen molar-refractivity contribution in [3.63, 3.8) is 0 Å². The van der Waals surface area contributed by atoms with E-state index >= 15 is 0 Å². The Balaban J connectivity index is 1.85. The van der Waals surface area contributed by atoms with Gasteiger partial charge in [-0.25, -0.2) is 0 Å². The van der Waals surface area contributed by atoms with Crippen LogP contribution in [0.25, 0.3) is 0 Å². The monoisotopic (exact) mass is 328 g/mol. The second-order valence-electron chi connectivity index (χ2n) is 6.67. The summed E-state index contributed by atoms with van der Waals surface area (Å²) in [5.41, 5.74) is 0.174. The van der Waals surface area contributed by atoms with Crippen LogP contribution < -0.4 is 10.6 Å². The molecule has 0 aromatic rings. The summed E-state index contributed by atoms with van der Waals surface area (Å²) in [6.45, 7) is 2.62. The molecule has 22 heavy (non-hydrogen) atoms. The van der Waals surface area contributed by atoms with Gasteiger partial charge in [0, 0.05) is 43.6 Å². The molecule has 2 N–H and O–H groups in total. The van der Waals surface area contributed by atoms with Crippen molar-refractivity contribution in [3.05, 3.63) is 0 Å². The van der Waals surface area contributed by atoms with E-state index in [1.807, 2.05) is 18.8 Å². The van der Waals surface area contributed by atoms with Gasteiger partial charge in [0.05, 0.1) is 0 Å². The zero-order chi connectivity index (χ0) is 16.0. The van der Waals surface area contributed by atoms with Gasteiger partial charge in [-0.1, -0.05) is 0 Å². The highest BCUT2D eigenvalue weighted by molar-refractivity contribution is 7.99. The van der Waals surface area contributed by atoms with Gasteiger partial charge in [-0.2, -0.15) is 11.8 Å². The fourth-order valence-corrected chi connectivity index (χ4v) is 4.25. The molecule has 0 radical (unpaired) electrons. The zero-order valence-corrected chi connectivity index (χ0v) is 15.3. The molecule has 0 amide bonds. The Morgan fingerprint density at radius 1 is 1.32 bits per heavy atom. The Bertz CT molecular complexity index is 369. The van der Waals surface area contributed by atoms with Crippen LogP contribution in [0.4, 0.5) is 0 Å². The summed E-state index contributed by atoms with van der Waals surface area (Å²) in [6, 6.07) is 0.564. The second-order valence-corrected chi connectivity index (χ2v) is 7.81. The van der Waals surface area contributed by atoms with E-state index in [0.29, 0.717) is 6.04 Å². The number of nitrogens with one attached hydrogen (secondary N) is 2. The van der Waals surface area contributed by atoms with Crippen molar-refractivity contribution >= 4 is 17.7 Å². The summed E-state index contributed by atoms with van der Waals surface area (Å²) >= 11 is 1.99. The molecular weight excluding hydrogens is 296 g/mol. The maximum Gasteiger partial charge on any atom is 0.191 e. The highest BCUT2D eigenvalue weighted by atomic mass is 32.2. The first-order valence-corrected chi connectivity index (χ1v) is 9.63. The summed E-state index contributed by atoms with van der Waals surface area (Å²) in [5.74, 6) is 0.944. The number of hydrogen-bond donors (Lipinski definition) is 2.